The van der Waals surface area contributed by atoms with Gasteiger partial charge in [-0.3, -0.25) is 9.69 Å². The van der Waals surface area contributed by atoms with E-state index in [2.05, 4.69) is 30.8 Å². The van der Waals surface area contributed by atoms with Crippen LogP contribution in [0.15, 0.2) is 30.3 Å². The maximum absolute atomic E-state index is 11.2. The Labute approximate surface area is 122 Å². The average Bonchev–Trinajstić information content (AvgIpc) is 2.42. The zero-order chi connectivity index (χ0) is 15.0. The SMILES string of the molecule is CCN(CCCN(C)C)C(CC(=O)O)c1ccccc1. The summed E-state index contributed by atoms with van der Waals surface area (Å²) in [5.74, 6) is -0.745. The molecule has 0 aliphatic rings. The molecule has 1 aromatic carbocycles. The predicted octanol–water partition coefficient (Wildman–Crippen LogP) is 2.48. The van der Waals surface area contributed by atoms with Crippen molar-refractivity contribution in [2.45, 2.75) is 25.8 Å². The topological polar surface area (TPSA) is 43.8 Å². The molecule has 0 spiro atoms. The highest BCUT2D eigenvalue weighted by Gasteiger charge is 2.21. The van der Waals surface area contributed by atoms with Crippen molar-refractivity contribution in [3.63, 3.8) is 0 Å². The summed E-state index contributed by atoms with van der Waals surface area (Å²) >= 11 is 0. The molecule has 0 aromatic heterocycles. The van der Waals surface area contributed by atoms with Crippen LogP contribution in [0.3, 0.4) is 0 Å². The van der Waals surface area contributed by atoms with E-state index in [-0.39, 0.29) is 12.5 Å². The first-order valence-electron chi connectivity index (χ1n) is 7.20. The Bertz CT molecular complexity index is 393. The van der Waals surface area contributed by atoms with Crippen molar-refractivity contribution in [1.29, 1.82) is 0 Å². The minimum absolute atomic E-state index is 0.0409. The van der Waals surface area contributed by atoms with E-state index in [1.54, 1.807) is 0 Å². The van der Waals surface area contributed by atoms with Crippen molar-refractivity contribution in [2.24, 2.45) is 0 Å². The molecule has 0 saturated carbocycles. The highest BCUT2D eigenvalue weighted by molar-refractivity contribution is 5.67. The summed E-state index contributed by atoms with van der Waals surface area (Å²) in [6.07, 6.45) is 1.20. The molecule has 0 saturated heterocycles. The first-order chi connectivity index (χ1) is 9.54. The summed E-state index contributed by atoms with van der Waals surface area (Å²) in [4.78, 5) is 15.6. The number of aliphatic carboxylic acids is 1. The quantitative estimate of drug-likeness (QED) is 0.753. The number of benzene rings is 1. The molecule has 1 rings (SSSR count). The van der Waals surface area contributed by atoms with Crippen LogP contribution in [0.5, 0.6) is 0 Å². The number of hydrogen-bond donors (Lipinski definition) is 1. The number of rotatable bonds is 9. The molecule has 1 unspecified atom stereocenters. The highest BCUT2D eigenvalue weighted by atomic mass is 16.4. The number of carboxylic acid groups (broad SMARTS) is 1. The second-order valence-corrected chi connectivity index (χ2v) is 5.31. The van der Waals surface area contributed by atoms with Crippen LogP contribution in [0.4, 0.5) is 0 Å². The minimum Gasteiger partial charge on any atom is -0.481 e. The first kappa shape index (κ1) is 16.7. The Morgan fingerprint density at radius 3 is 2.35 bits per heavy atom. The first-order valence-corrected chi connectivity index (χ1v) is 7.20. The van der Waals surface area contributed by atoms with Gasteiger partial charge in [0.25, 0.3) is 0 Å². The van der Waals surface area contributed by atoms with E-state index in [4.69, 9.17) is 5.11 Å². The van der Waals surface area contributed by atoms with Crippen LogP contribution in [-0.4, -0.2) is 54.6 Å². The maximum atomic E-state index is 11.2. The fourth-order valence-electron chi connectivity index (χ4n) is 2.42. The van der Waals surface area contributed by atoms with E-state index >= 15 is 0 Å². The molecule has 4 heteroatoms. The summed E-state index contributed by atoms with van der Waals surface area (Å²) < 4.78 is 0. The zero-order valence-corrected chi connectivity index (χ0v) is 12.7. The molecule has 1 aromatic rings. The van der Waals surface area contributed by atoms with Gasteiger partial charge >= 0.3 is 5.97 Å². The van der Waals surface area contributed by atoms with Crippen LogP contribution < -0.4 is 0 Å². The van der Waals surface area contributed by atoms with Gasteiger partial charge in [0.2, 0.25) is 0 Å². The molecule has 20 heavy (non-hydrogen) atoms. The molecule has 0 aliphatic heterocycles. The van der Waals surface area contributed by atoms with Crippen LogP contribution in [0.2, 0.25) is 0 Å². The standard InChI is InChI=1S/C16H26N2O2/c1-4-18(12-8-11-17(2)3)15(13-16(19)20)14-9-6-5-7-10-14/h5-7,9-10,15H,4,8,11-13H2,1-3H3,(H,19,20). The van der Waals surface area contributed by atoms with Gasteiger partial charge in [0.15, 0.2) is 0 Å². The lowest BCUT2D eigenvalue weighted by Crippen LogP contribution is -2.32. The van der Waals surface area contributed by atoms with E-state index in [9.17, 15) is 4.79 Å². The van der Waals surface area contributed by atoms with Crippen LogP contribution in [0.1, 0.15) is 31.4 Å². The monoisotopic (exact) mass is 278 g/mol. The van der Waals surface area contributed by atoms with Gasteiger partial charge < -0.3 is 10.0 Å². The van der Waals surface area contributed by atoms with Crippen molar-refractivity contribution in [2.75, 3.05) is 33.7 Å². The molecule has 0 amide bonds. The Morgan fingerprint density at radius 1 is 1.20 bits per heavy atom. The third-order valence-corrected chi connectivity index (χ3v) is 3.45. The molecule has 0 heterocycles. The summed E-state index contributed by atoms with van der Waals surface area (Å²) in [5.41, 5.74) is 1.08. The summed E-state index contributed by atoms with van der Waals surface area (Å²) in [5, 5.41) is 9.17. The van der Waals surface area contributed by atoms with Gasteiger partial charge in [0.1, 0.15) is 0 Å². The molecule has 0 bridgehead atoms. The fraction of sp³-hybridized carbons (Fsp3) is 0.562. The van der Waals surface area contributed by atoms with Crippen LogP contribution >= 0.6 is 0 Å². The van der Waals surface area contributed by atoms with Gasteiger partial charge in [0, 0.05) is 6.04 Å². The Morgan fingerprint density at radius 2 is 1.85 bits per heavy atom. The van der Waals surface area contributed by atoms with Crippen LogP contribution in [0.25, 0.3) is 0 Å². The van der Waals surface area contributed by atoms with Gasteiger partial charge in [0.05, 0.1) is 6.42 Å². The maximum Gasteiger partial charge on any atom is 0.305 e. The zero-order valence-electron chi connectivity index (χ0n) is 12.7. The van der Waals surface area contributed by atoms with E-state index in [0.29, 0.717) is 0 Å². The lowest BCUT2D eigenvalue weighted by molar-refractivity contribution is -0.138. The average molecular weight is 278 g/mol. The highest BCUT2D eigenvalue weighted by Crippen LogP contribution is 2.24. The van der Waals surface area contributed by atoms with Crippen LogP contribution in [0, 0.1) is 0 Å². The number of carboxylic acids is 1. The van der Waals surface area contributed by atoms with Crippen LogP contribution in [-0.2, 0) is 4.79 Å². The van der Waals surface area contributed by atoms with Crippen molar-refractivity contribution >= 4 is 5.97 Å². The molecular formula is C16H26N2O2. The Hall–Kier alpha value is -1.39. The third kappa shape index (κ3) is 5.72. The Balaban J connectivity index is 2.76. The lowest BCUT2D eigenvalue weighted by Gasteiger charge is -2.30. The predicted molar refractivity (Wildman–Crippen MR) is 81.9 cm³/mol. The fourth-order valence-corrected chi connectivity index (χ4v) is 2.42. The molecule has 0 aliphatic carbocycles. The molecule has 0 radical (unpaired) electrons. The molecule has 1 N–H and O–H groups in total. The molecule has 112 valence electrons. The molecule has 4 nitrogen and oxygen atoms in total. The number of hydrogen-bond acceptors (Lipinski definition) is 3. The molecule has 1 atom stereocenters. The van der Waals surface area contributed by atoms with Crippen molar-refractivity contribution in [3.8, 4) is 0 Å². The van der Waals surface area contributed by atoms with E-state index in [1.807, 2.05) is 30.3 Å². The van der Waals surface area contributed by atoms with Crippen molar-refractivity contribution in [3.05, 3.63) is 35.9 Å². The van der Waals surface area contributed by atoms with E-state index in [1.165, 1.54) is 0 Å². The lowest BCUT2D eigenvalue weighted by atomic mass is 10.0. The van der Waals surface area contributed by atoms with Crippen molar-refractivity contribution in [1.82, 2.24) is 9.80 Å². The normalized spacial score (nSPS) is 12.8. The van der Waals surface area contributed by atoms with Gasteiger partial charge in [-0.1, -0.05) is 37.3 Å². The largest absolute Gasteiger partial charge is 0.481 e. The number of nitrogens with zero attached hydrogens (tertiary/aromatic N) is 2. The second kappa shape index (κ2) is 8.72. The van der Waals surface area contributed by atoms with Crippen molar-refractivity contribution < 1.29 is 9.90 Å². The molecule has 0 fully saturated rings. The summed E-state index contributed by atoms with van der Waals surface area (Å²) in [6.45, 7) is 4.89. The van der Waals surface area contributed by atoms with Gasteiger partial charge in [-0.15, -0.1) is 0 Å². The van der Waals surface area contributed by atoms with E-state index in [0.717, 1.165) is 31.6 Å². The van der Waals surface area contributed by atoms with E-state index < -0.39 is 5.97 Å². The molecular weight excluding hydrogens is 252 g/mol. The number of carbonyl (C=O) groups is 1. The minimum atomic E-state index is -0.745. The second-order valence-electron chi connectivity index (χ2n) is 5.31. The summed E-state index contributed by atoms with van der Waals surface area (Å²) in [7, 11) is 4.12. The van der Waals surface area contributed by atoms with Gasteiger partial charge in [-0.05, 0) is 45.7 Å². The smallest absolute Gasteiger partial charge is 0.305 e. The van der Waals surface area contributed by atoms with Gasteiger partial charge in [-0.25, -0.2) is 0 Å². The Kier molecular flexibility index (Phi) is 7.26. The summed E-state index contributed by atoms with van der Waals surface area (Å²) in [6, 6.07) is 9.89. The van der Waals surface area contributed by atoms with Gasteiger partial charge in [-0.2, -0.15) is 0 Å². The third-order valence-electron chi connectivity index (χ3n) is 3.45.